The van der Waals surface area contributed by atoms with E-state index in [9.17, 15) is 9.59 Å². The van der Waals surface area contributed by atoms with Gasteiger partial charge in [0, 0.05) is 5.92 Å². The Hall–Kier alpha value is -1.18. The molecule has 0 spiro atoms. The summed E-state index contributed by atoms with van der Waals surface area (Å²) < 4.78 is 0. The third-order valence-corrected chi connectivity index (χ3v) is 4.08. The van der Waals surface area contributed by atoms with Crippen LogP contribution in [0.3, 0.4) is 0 Å². The fourth-order valence-corrected chi connectivity index (χ4v) is 2.52. The van der Waals surface area contributed by atoms with Crippen LogP contribution in [0.4, 0.5) is 0 Å². The lowest BCUT2D eigenvalue weighted by molar-refractivity contribution is -0.128. The molecule has 2 heteroatoms. The Morgan fingerprint density at radius 3 is 2.56 bits per heavy atom. The zero-order valence-corrected chi connectivity index (χ0v) is 12.1. The quantitative estimate of drug-likeness (QED) is 0.431. The highest BCUT2D eigenvalue weighted by atomic mass is 16.1. The third-order valence-electron chi connectivity index (χ3n) is 4.08. The predicted molar refractivity (Wildman–Crippen MR) is 74.3 cm³/mol. The van der Waals surface area contributed by atoms with Crippen LogP contribution in [0.25, 0.3) is 0 Å². The highest BCUT2D eigenvalue weighted by Gasteiger charge is 2.31. The molecule has 0 aromatic carbocycles. The van der Waals surface area contributed by atoms with E-state index in [2.05, 4.69) is 26.8 Å². The largest absolute Gasteiger partial charge is 0.299 e. The highest BCUT2D eigenvalue weighted by Crippen LogP contribution is 2.41. The van der Waals surface area contributed by atoms with E-state index in [1.807, 2.05) is 6.08 Å². The maximum Gasteiger partial charge on any atom is 0.165 e. The molecule has 100 valence electrons. The minimum atomic E-state index is -0.516. The lowest BCUT2D eigenvalue weighted by Crippen LogP contribution is -2.26. The van der Waals surface area contributed by atoms with Crippen LogP contribution in [-0.2, 0) is 9.59 Å². The fourth-order valence-electron chi connectivity index (χ4n) is 2.52. The van der Waals surface area contributed by atoms with Crippen molar-refractivity contribution in [2.24, 2.45) is 17.3 Å². The van der Waals surface area contributed by atoms with Crippen LogP contribution < -0.4 is 0 Å². The third kappa shape index (κ3) is 3.41. The van der Waals surface area contributed by atoms with Gasteiger partial charge in [0.25, 0.3) is 0 Å². The summed E-state index contributed by atoms with van der Waals surface area (Å²) in [6, 6.07) is 0. The summed E-state index contributed by atoms with van der Waals surface area (Å²) in [6.45, 7) is 9.72. The van der Waals surface area contributed by atoms with Crippen LogP contribution in [0.2, 0.25) is 0 Å². The first kappa shape index (κ1) is 14.9. The molecule has 0 aliphatic heterocycles. The Morgan fingerprint density at radius 2 is 2.06 bits per heavy atom. The number of allylic oxidation sites excluding steroid dienone is 4. The predicted octanol–water partition coefficient (Wildman–Crippen LogP) is 3.72. The number of rotatable bonds is 4. The summed E-state index contributed by atoms with van der Waals surface area (Å²) in [5.74, 6) is -0.372. The van der Waals surface area contributed by atoms with Gasteiger partial charge in [0.1, 0.15) is 5.78 Å². The Balaban J connectivity index is 2.82. The molecule has 0 bridgehead atoms. The van der Waals surface area contributed by atoms with Crippen molar-refractivity contribution in [3.05, 3.63) is 23.8 Å². The summed E-state index contributed by atoms with van der Waals surface area (Å²) in [5.41, 5.74) is 1.51. The molecule has 0 heterocycles. The number of ketones is 2. The minimum absolute atomic E-state index is 0.0696. The standard InChI is InChI=1S/C16H24O2/c1-11-7-6-10-16(4,5)14(11)8-9-15(18)12(2)13(3)17/h7-9,12,14H,6,10H2,1-5H3. The van der Waals surface area contributed by atoms with Crippen LogP contribution in [0, 0.1) is 17.3 Å². The first-order valence-corrected chi connectivity index (χ1v) is 6.65. The van der Waals surface area contributed by atoms with E-state index >= 15 is 0 Å². The second-order valence-electron chi connectivity index (χ2n) is 6.05. The van der Waals surface area contributed by atoms with Crippen LogP contribution >= 0.6 is 0 Å². The van der Waals surface area contributed by atoms with Gasteiger partial charge in [-0.05, 0) is 45.1 Å². The summed E-state index contributed by atoms with van der Waals surface area (Å²) in [4.78, 5) is 23.0. The van der Waals surface area contributed by atoms with Crippen molar-refractivity contribution in [3.8, 4) is 0 Å². The summed E-state index contributed by atoms with van der Waals surface area (Å²) in [5, 5.41) is 0. The van der Waals surface area contributed by atoms with Crippen molar-refractivity contribution in [1.82, 2.24) is 0 Å². The molecule has 0 radical (unpaired) electrons. The van der Waals surface area contributed by atoms with Gasteiger partial charge in [-0.15, -0.1) is 0 Å². The minimum Gasteiger partial charge on any atom is -0.299 e. The van der Waals surface area contributed by atoms with Gasteiger partial charge in [-0.25, -0.2) is 0 Å². The first-order valence-electron chi connectivity index (χ1n) is 6.65. The molecule has 1 aliphatic rings. The SMILES string of the molecule is CC(=O)C(C)C(=O)C=CC1C(C)=CCCC1(C)C. The van der Waals surface area contributed by atoms with Crippen LogP contribution in [0.15, 0.2) is 23.8 Å². The maximum atomic E-state index is 11.8. The molecule has 18 heavy (non-hydrogen) atoms. The average molecular weight is 248 g/mol. The van der Waals surface area contributed by atoms with Gasteiger partial charge in [-0.2, -0.15) is 0 Å². The second-order valence-corrected chi connectivity index (χ2v) is 6.05. The molecule has 1 rings (SSSR count). The molecule has 0 saturated heterocycles. The zero-order chi connectivity index (χ0) is 13.9. The molecule has 0 aromatic heterocycles. The van der Waals surface area contributed by atoms with Gasteiger partial charge < -0.3 is 0 Å². The van der Waals surface area contributed by atoms with Crippen LogP contribution in [0.1, 0.15) is 47.5 Å². The van der Waals surface area contributed by atoms with E-state index in [-0.39, 0.29) is 17.0 Å². The van der Waals surface area contributed by atoms with Crippen molar-refractivity contribution in [1.29, 1.82) is 0 Å². The van der Waals surface area contributed by atoms with Crippen molar-refractivity contribution < 1.29 is 9.59 Å². The molecule has 2 unspecified atom stereocenters. The highest BCUT2D eigenvalue weighted by molar-refractivity contribution is 6.06. The average Bonchev–Trinajstić information content (AvgIpc) is 2.25. The Labute approximate surface area is 110 Å². The van der Waals surface area contributed by atoms with Gasteiger partial charge in [-0.1, -0.05) is 31.6 Å². The summed E-state index contributed by atoms with van der Waals surface area (Å²) >= 11 is 0. The topological polar surface area (TPSA) is 34.1 Å². The van der Waals surface area contributed by atoms with Crippen molar-refractivity contribution in [2.45, 2.75) is 47.5 Å². The van der Waals surface area contributed by atoms with E-state index in [4.69, 9.17) is 0 Å². The number of carbonyl (C=O) groups is 2. The van der Waals surface area contributed by atoms with Gasteiger partial charge >= 0.3 is 0 Å². The van der Waals surface area contributed by atoms with Gasteiger partial charge in [0.15, 0.2) is 5.78 Å². The molecule has 0 amide bonds. The van der Waals surface area contributed by atoms with E-state index in [0.29, 0.717) is 5.92 Å². The van der Waals surface area contributed by atoms with Crippen LogP contribution in [-0.4, -0.2) is 11.6 Å². The van der Waals surface area contributed by atoms with Gasteiger partial charge in [0.2, 0.25) is 0 Å². The monoisotopic (exact) mass is 248 g/mol. The van der Waals surface area contributed by atoms with E-state index in [1.165, 1.54) is 12.5 Å². The van der Waals surface area contributed by atoms with Crippen molar-refractivity contribution in [2.75, 3.05) is 0 Å². The first-order chi connectivity index (χ1) is 8.25. The molecular formula is C16H24O2. The van der Waals surface area contributed by atoms with E-state index < -0.39 is 5.92 Å². The lowest BCUT2D eigenvalue weighted by atomic mass is 9.68. The van der Waals surface area contributed by atoms with Gasteiger partial charge in [-0.3, -0.25) is 9.59 Å². The Morgan fingerprint density at radius 1 is 1.44 bits per heavy atom. The van der Waals surface area contributed by atoms with Crippen molar-refractivity contribution >= 4 is 11.6 Å². The number of Topliss-reactive ketones (excluding diaryl/α,β-unsaturated/α-hetero) is 1. The van der Waals surface area contributed by atoms with Crippen molar-refractivity contribution in [3.63, 3.8) is 0 Å². The normalized spacial score (nSPS) is 24.7. The molecule has 0 aromatic rings. The molecule has 2 nitrogen and oxygen atoms in total. The molecular weight excluding hydrogens is 224 g/mol. The molecule has 0 saturated carbocycles. The maximum absolute atomic E-state index is 11.8. The summed E-state index contributed by atoms with van der Waals surface area (Å²) in [6.07, 6.45) is 8.07. The van der Waals surface area contributed by atoms with E-state index in [0.717, 1.165) is 12.8 Å². The zero-order valence-electron chi connectivity index (χ0n) is 12.1. The van der Waals surface area contributed by atoms with E-state index in [1.54, 1.807) is 13.0 Å². The smallest absolute Gasteiger partial charge is 0.165 e. The molecule has 0 N–H and O–H groups in total. The number of carbonyl (C=O) groups excluding carboxylic acids is 2. The number of hydrogen-bond acceptors (Lipinski definition) is 2. The Kier molecular flexibility index (Phi) is 4.66. The second kappa shape index (κ2) is 5.64. The summed E-state index contributed by atoms with van der Waals surface area (Å²) in [7, 11) is 0. The number of hydrogen-bond donors (Lipinski definition) is 0. The molecule has 1 aliphatic carbocycles. The lowest BCUT2D eigenvalue weighted by Gasteiger charge is -2.36. The van der Waals surface area contributed by atoms with Gasteiger partial charge in [0.05, 0.1) is 5.92 Å². The van der Waals surface area contributed by atoms with Crippen LogP contribution in [0.5, 0.6) is 0 Å². The fraction of sp³-hybridized carbons (Fsp3) is 0.625. The molecule has 0 fully saturated rings. The Bertz CT molecular complexity index is 399. The molecule has 2 atom stereocenters.